The van der Waals surface area contributed by atoms with E-state index in [0.717, 1.165) is 27.7 Å². The van der Waals surface area contributed by atoms with Gasteiger partial charge in [0, 0.05) is 24.7 Å². The Bertz CT molecular complexity index is 859. The second-order valence-corrected chi connectivity index (χ2v) is 6.73. The van der Waals surface area contributed by atoms with E-state index in [1.807, 2.05) is 60.0 Å². The number of nitrogens with zero attached hydrogens (tertiary/aromatic N) is 2. The molecule has 0 saturated heterocycles. The minimum Gasteiger partial charge on any atom is -0.550 e. The molecule has 1 heterocycles. The molecule has 3 aromatic rings. The fourth-order valence-electron chi connectivity index (χ4n) is 2.51. The zero-order valence-electron chi connectivity index (χ0n) is 14.0. The van der Waals surface area contributed by atoms with Crippen molar-refractivity contribution in [3.8, 4) is 5.75 Å². The van der Waals surface area contributed by atoms with Gasteiger partial charge in [0.2, 0.25) is 0 Å². The molecule has 0 fully saturated rings. The third kappa shape index (κ3) is 4.54. The molecule has 0 bridgehead atoms. The molecule has 130 valence electrons. The smallest absolute Gasteiger partial charge is 0.169 e. The lowest BCUT2D eigenvalue weighted by Gasteiger charge is -2.10. The molecule has 0 unspecified atom stereocenters. The Morgan fingerprint density at radius 3 is 2.72 bits per heavy atom. The molecular weight excluding hydrogens is 336 g/mol. The number of hydrogen-bond donors (Lipinski definition) is 0. The van der Waals surface area contributed by atoms with Crippen molar-refractivity contribution in [1.82, 2.24) is 9.55 Å². The zero-order valence-corrected chi connectivity index (χ0v) is 14.8. The Hall–Kier alpha value is -2.47. The summed E-state index contributed by atoms with van der Waals surface area (Å²) in [5.74, 6) is 0.510. The number of carbonyl (C=O) groups excluding carboxylic acids is 1. The SMILES string of the molecule is Cc1ccc(OCCSc2nc3ccccc3n2CCC(=O)[O-])cc1. The Balaban J connectivity index is 1.64. The van der Waals surface area contributed by atoms with Gasteiger partial charge in [-0.1, -0.05) is 41.6 Å². The van der Waals surface area contributed by atoms with Crippen LogP contribution in [0.4, 0.5) is 0 Å². The summed E-state index contributed by atoms with van der Waals surface area (Å²) < 4.78 is 7.67. The van der Waals surface area contributed by atoms with Crippen LogP contribution in [0.15, 0.2) is 53.7 Å². The highest BCUT2D eigenvalue weighted by atomic mass is 32.2. The minimum atomic E-state index is -1.06. The average molecular weight is 355 g/mol. The van der Waals surface area contributed by atoms with Gasteiger partial charge in [-0.25, -0.2) is 4.98 Å². The van der Waals surface area contributed by atoms with Crippen molar-refractivity contribution in [2.24, 2.45) is 0 Å². The highest BCUT2D eigenvalue weighted by Crippen LogP contribution is 2.24. The van der Waals surface area contributed by atoms with Gasteiger partial charge >= 0.3 is 0 Å². The molecule has 0 aliphatic rings. The largest absolute Gasteiger partial charge is 0.550 e. The summed E-state index contributed by atoms with van der Waals surface area (Å²) in [6.45, 7) is 2.94. The fraction of sp³-hybridized carbons (Fsp3) is 0.263. The normalized spacial score (nSPS) is 10.9. The van der Waals surface area contributed by atoms with Gasteiger partial charge in [-0.3, -0.25) is 0 Å². The molecule has 0 amide bonds. The second-order valence-electron chi connectivity index (χ2n) is 5.67. The van der Waals surface area contributed by atoms with Crippen molar-refractivity contribution in [2.75, 3.05) is 12.4 Å². The van der Waals surface area contributed by atoms with Crippen molar-refractivity contribution >= 4 is 28.8 Å². The van der Waals surface area contributed by atoms with E-state index in [2.05, 4.69) is 4.98 Å². The fourth-order valence-corrected chi connectivity index (χ4v) is 3.37. The Morgan fingerprint density at radius 2 is 1.96 bits per heavy atom. The Morgan fingerprint density at radius 1 is 1.20 bits per heavy atom. The maximum Gasteiger partial charge on any atom is 0.169 e. The molecular formula is C19H19N2O3S-. The predicted molar refractivity (Wildman–Crippen MR) is 96.8 cm³/mol. The van der Waals surface area contributed by atoms with Crippen LogP contribution >= 0.6 is 11.8 Å². The van der Waals surface area contributed by atoms with Crippen LogP contribution in [0, 0.1) is 6.92 Å². The van der Waals surface area contributed by atoms with E-state index in [4.69, 9.17) is 4.74 Å². The maximum atomic E-state index is 10.8. The summed E-state index contributed by atoms with van der Waals surface area (Å²) in [4.78, 5) is 15.4. The Labute approximate surface area is 150 Å². The standard InChI is InChI=1S/C19H20N2O3S/c1-14-6-8-15(9-7-14)24-12-13-25-19-20-16-4-2-3-5-17(16)21(19)11-10-18(22)23/h2-9H,10-13H2,1H3,(H,22,23)/p-1. The average Bonchev–Trinajstić information content (AvgIpc) is 2.96. The van der Waals surface area contributed by atoms with Crippen LogP contribution in [-0.2, 0) is 11.3 Å². The zero-order chi connectivity index (χ0) is 17.6. The molecule has 0 N–H and O–H groups in total. The number of imidazole rings is 1. The number of carboxylic acid groups (broad SMARTS) is 1. The lowest BCUT2D eigenvalue weighted by Crippen LogP contribution is -2.23. The van der Waals surface area contributed by atoms with Crippen LogP contribution in [-0.4, -0.2) is 27.9 Å². The van der Waals surface area contributed by atoms with E-state index in [9.17, 15) is 9.90 Å². The van der Waals surface area contributed by atoms with E-state index in [0.29, 0.717) is 13.2 Å². The van der Waals surface area contributed by atoms with Crippen molar-refractivity contribution in [1.29, 1.82) is 0 Å². The number of aliphatic carboxylic acids is 1. The number of aryl methyl sites for hydroxylation is 2. The molecule has 0 aliphatic heterocycles. The van der Waals surface area contributed by atoms with E-state index in [1.165, 1.54) is 5.56 Å². The highest BCUT2D eigenvalue weighted by molar-refractivity contribution is 7.99. The number of thioether (sulfide) groups is 1. The van der Waals surface area contributed by atoms with Crippen LogP contribution in [0.25, 0.3) is 11.0 Å². The number of aromatic nitrogens is 2. The molecule has 5 nitrogen and oxygen atoms in total. The molecule has 6 heteroatoms. The molecule has 0 atom stereocenters. The molecule has 0 radical (unpaired) electrons. The first-order chi connectivity index (χ1) is 12.1. The second kappa shape index (κ2) is 8.07. The lowest BCUT2D eigenvalue weighted by atomic mass is 10.2. The van der Waals surface area contributed by atoms with E-state index < -0.39 is 5.97 Å². The molecule has 0 saturated carbocycles. The van der Waals surface area contributed by atoms with Gasteiger partial charge in [0.25, 0.3) is 0 Å². The summed E-state index contributed by atoms with van der Waals surface area (Å²) in [5, 5.41) is 11.6. The predicted octanol–water partition coefficient (Wildman–Crippen LogP) is 2.66. The van der Waals surface area contributed by atoms with Gasteiger partial charge in [-0.2, -0.15) is 0 Å². The number of para-hydroxylation sites is 2. The van der Waals surface area contributed by atoms with Crippen LogP contribution in [0.1, 0.15) is 12.0 Å². The third-order valence-electron chi connectivity index (χ3n) is 3.76. The minimum absolute atomic E-state index is 0.0339. The van der Waals surface area contributed by atoms with Gasteiger partial charge < -0.3 is 19.2 Å². The van der Waals surface area contributed by atoms with Crippen molar-refractivity contribution < 1.29 is 14.6 Å². The number of ether oxygens (including phenoxy) is 1. The molecule has 25 heavy (non-hydrogen) atoms. The lowest BCUT2D eigenvalue weighted by molar-refractivity contribution is -0.305. The van der Waals surface area contributed by atoms with Crippen LogP contribution in [0.3, 0.4) is 0 Å². The van der Waals surface area contributed by atoms with Crippen molar-refractivity contribution in [2.45, 2.75) is 25.0 Å². The summed E-state index contributed by atoms with van der Waals surface area (Å²) in [5.41, 5.74) is 3.00. The summed E-state index contributed by atoms with van der Waals surface area (Å²) in [7, 11) is 0. The Kier molecular flexibility index (Phi) is 5.60. The van der Waals surface area contributed by atoms with E-state index >= 15 is 0 Å². The quantitative estimate of drug-likeness (QED) is 0.459. The van der Waals surface area contributed by atoms with Gasteiger partial charge in [0.05, 0.1) is 17.6 Å². The first-order valence-corrected chi connectivity index (χ1v) is 9.09. The molecule has 0 spiro atoms. The first-order valence-electron chi connectivity index (χ1n) is 8.11. The first kappa shape index (κ1) is 17.4. The van der Waals surface area contributed by atoms with E-state index in [-0.39, 0.29) is 6.42 Å². The van der Waals surface area contributed by atoms with Gasteiger partial charge in [-0.15, -0.1) is 0 Å². The van der Waals surface area contributed by atoms with Crippen LogP contribution in [0.2, 0.25) is 0 Å². The molecule has 1 aromatic heterocycles. The molecule has 3 rings (SSSR count). The topological polar surface area (TPSA) is 67.2 Å². The summed E-state index contributed by atoms with van der Waals surface area (Å²) >= 11 is 1.56. The number of carbonyl (C=O) groups is 1. The monoisotopic (exact) mass is 355 g/mol. The highest BCUT2D eigenvalue weighted by Gasteiger charge is 2.10. The van der Waals surface area contributed by atoms with Crippen LogP contribution < -0.4 is 9.84 Å². The van der Waals surface area contributed by atoms with Gasteiger partial charge in [0.15, 0.2) is 5.16 Å². The van der Waals surface area contributed by atoms with Gasteiger partial charge in [-0.05, 0) is 31.2 Å². The number of rotatable bonds is 8. The summed E-state index contributed by atoms with van der Waals surface area (Å²) in [6.07, 6.45) is -0.0339. The maximum absolute atomic E-state index is 10.8. The molecule has 2 aromatic carbocycles. The van der Waals surface area contributed by atoms with Crippen LogP contribution in [0.5, 0.6) is 5.75 Å². The number of hydrogen-bond acceptors (Lipinski definition) is 5. The van der Waals surface area contributed by atoms with Crippen molar-refractivity contribution in [3.63, 3.8) is 0 Å². The molecule has 0 aliphatic carbocycles. The number of carboxylic acids is 1. The van der Waals surface area contributed by atoms with E-state index in [1.54, 1.807) is 11.8 Å². The van der Waals surface area contributed by atoms with Crippen molar-refractivity contribution in [3.05, 3.63) is 54.1 Å². The summed E-state index contributed by atoms with van der Waals surface area (Å²) in [6, 6.07) is 15.7. The number of benzene rings is 2. The third-order valence-corrected chi connectivity index (χ3v) is 4.70. The van der Waals surface area contributed by atoms with Gasteiger partial charge in [0.1, 0.15) is 5.75 Å². The number of fused-ring (bicyclic) bond motifs is 1.